The van der Waals surface area contributed by atoms with Crippen LogP contribution in [-0.4, -0.2) is 38.0 Å². The smallest absolute Gasteiger partial charge is 0.301 e. The number of nitrogens with one attached hydrogen (secondary N) is 1. The number of ether oxygens (including phenoxy) is 1. The van der Waals surface area contributed by atoms with Crippen LogP contribution in [0.1, 0.15) is 19.8 Å². The Labute approximate surface area is 119 Å². The molecular weight excluding hydrogens is 280 g/mol. The zero-order valence-corrected chi connectivity index (χ0v) is 12.5. The average Bonchev–Trinajstić information content (AvgIpc) is 2.41. The van der Waals surface area contributed by atoms with Gasteiger partial charge in [-0.05, 0) is 30.9 Å². The number of hydrogen-bond acceptors (Lipinski definition) is 4. The second-order valence-electron chi connectivity index (χ2n) is 5.10. The summed E-state index contributed by atoms with van der Waals surface area (Å²) in [6.45, 7) is 3.04. The van der Waals surface area contributed by atoms with Gasteiger partial charge in [0, 0.05) is 19.2 Å². The molecule has 0 spiro atoms. The molecule has 0 saturated carbocycles. The maximum atomic E-state index is 12.3. The van der Waals surface area contributed by atoms with E-state index in [1.165, 1.54) is 23.5 Å². The fourth-order valence-electron chi connectivity index (χ4n) is 2.29. The molecule has 1 aliphatic rings. The van der Waals surface area contributed by atoms with Gasteiger partial charge in [0.1, 0.15) is 11.5 Å². The first kappa shape index (κ1) is 14.9. The highest BCUT2D eigenvalue weighted by atomic mass is 32.2. The lowest BCUT2D eigenvalue weighted by atomic mass is 10.0. The maximum absolute atomic E-state index is 12.3. The number of hydrogen-bond donors (Lipinski definition) is 2. The van der Waals surface area contributed by atoms with Gasteiger partial charge in [-0.25, -0.2) is 0 Å². The molecule has 2 N–H and O–H groups in total. The van der Waals surface area contributed by atoms with Gasteiger partial charge >= 0.3 is 10.2 Å². The lowest BCUT2D eigenvalue weighted by Gasteiger charge is -2.30. The second-order valence-corrected chi connectivity index (χ2v) is 6.77. The van der Waals surface area contributed by atoms with Crippen LogP contribution in [0.5, 0.6) is 11.5 Å². The van der Waals surface area contributed by atoms with Crippen molar-refractivity contribution in [2.45, 2.75) is 19.8 Å². The molecule has 1 atom stereocenters. The molecule has 0 radical (unpaired) electrons. The van der Waals surface area contributed by atoms with Crippen LogP contribution in [0.2, 0.25) is 0 Å². The first-order valence-corrected chi connectivity index (χ1v) is 8.01. The largest absolute Gasteiger partial charge is 0.506 e. The number of nitrogens with zero attached hydrogens (tertiary/aromatic N) is 1. The number of anilines is 1. The van der Waals surface area contributed by atoms with Gasteiger partial charge in [-0.1, -0.05) is 6.92 Å². The van der Waals surface area contributed by atoms with E-state index in [0.717, 1.165) is 12.8 Å². The van der Waals surface area contributed by atoms with Gasteiger partial charge in [-0.2, -0.15) is 12.7 Å². The summed E-state index contributed by atoms with van der Waals surface area (Å²) < 4.78 is 33.5. The Kier molecular flexibility index (Phi) is 4.39. The maximum Gasteiger partial charge on any atom is 0.301 e. The van der Waals surface area contributed by atoms with Crippen molar-refractivity contribution in [3.8, 4) is 11.5 Å². The number of benzene rings is 1. The van der Waals surface area contributed by atoms with Crippen molar-refractivity contribution < 1.29 is 18.3 Å². The third-order valence-corrected chi connectivity index (χ3v) is 4.89. The van der Waals surface area contributed by atoms with E-state index in [1.807, 2.05) is 6.92 Å². The molecule has 0 aromatic heterocycles. The minimum atomic E-state index is -3.65. The predicted molar refractivity (Wildman–Crippen MR) is 77.2 cm³/mol. The van der Waals surface area contributed by atoms with Crippen molar-refractivity contribution in [2.75, 3.05) is 24.9 Å². The topological polar surface area (TPSA) is 78.9 Å². The summed E-state index contributed by atoms with van der Waals surface area (Å²) in [6.07, 6.45) is 1.89. The molecule has 1 saturated heterocycles. The summed E-state index contributed by atoms with van der Waals surface area (Å²) in [5.74, 6) is 0.700. The molecule has 7 heteroatoms. The van der Waals surface area contributed by atoms with Gasteiger partial charge < -0.3 is 9.84 Å². The number of phenols is 1. The minimum absolute atomic E-state index is 0.126. The standard InChI is InChI=1S/C13H20N2O4S/c1-10-4-3-7-15(9-10)20(17,18)14-12-8-11(19-2)5-6-13(12)16/h5-6,8,10,14,16H,3-4,7,9H2,1-2H3. The Morgan fingerprint density at radius 2 is 2.20 bits per heavy atom. The molecule has 1 aromatic carbocycles. The predicted octanol–water partition coefficient (Wildman–Crippen LogP) is 1.79. The Hall–Kier alpha value is -1.47. The van der Waals surface area contributed by atoms with Gasteiger partial charge in [-0.3, -0.25) is 4.72 Å². The van der Waals surface area contributed by atoms with E-state index in [-0.39, 0.29) is 11.4 Å². The highest BCUT2D eigenvalue weighted by Crippen LogP contribution is 2.29. The van der Waals surface area contributed by atoms with Gasteiger partial charge in [0.2, 0.25) is 0 Å². The van der Waals surface area contributed by atoms with Gasteiger partial charge in [0.25, 0.3) is 0 Å². The number of phenolic OH excluding ortho intramolecular Hbond substituents is 1. The molecule has 1 aromatic rings. The van der Waals surface area contributed by atoms with E-state index in [0.29, 0.717) is 24.8 Å². The van der Waals surface area contributed by atoms with Crippen LogP contribution in [0.3, 0.4) is 0 Å². The van der Waals surface area contributed by atoms with Crippen molar-refractivity contribution >= 4 is 15.9 Å². The molecule has 20 heavy (non-hydrogen) atoms. The summed E-state index contributed by atoms with van der Waals surface area (Å²) in [5, 5.41) is 9.74. The van der Waals surface area contributed by atoms with Crippen LogP contribution in [0.15, 0.2) is 18.2 Å². The summed E-state index contributed by atoms with van der Waals surface area (Å²) in [7, 11) is -2.17. The number of aromatic hydroxyl groups is 1. The summed E-state index contributed by atoms with van der Waals surface area (Å²) in [4.78, 5) is 0. The quantitative estimate of drug-likeness (QED) is 0.831. The van der Waals surface area contributed by atoms with E-state index in [2.05, 4.69) is 4.72 Å². The molecule has 6 nitrogen and oxygen atoms in total. The summed E-state index contributed by atoms with van der Waals surface area (Å²) in [6, 6.07) is 4.42. The lowest BCUT2D eigenvalue weighted by Crippen LogP contribution is -2.42. The zero-order valence-electron chi connectivity index (χ0n) is 11.7. The van der Waals surface area contributed by atoms with Crippen LogP contribution >= 0.6 is 0 Å². The first-order chi connectivity index (χ1) is 9.42. The van der Waals surface area contributed by atoms with Crippen molar-refractivity contribution in [1.29, 1.82) is 0 Å². The first-order valence-electron chi connectivity index (χ1n) is 6.57. The molecule has 2 rings (SSSR count). The van der Waals surface area contributed by atoms with Crippen LogP contribution in [0.4, 0.5) is 5.69 Å². The molecular formula is C13H20N2O4S. The van der Waals surface area contributed by atoms with Crippen LogP contribution in [-0.2, 0) is 10.2 Å². The van der Waals surface area contributed by atoms with Crippen molar-refractivity contribution in [1.82, 2.24) is 4.31 Å². The average molecular weight is 300 g/mol. The normalized spacial score (nSPS) is 20.6. The Balaban J connectivity index is 2.19. The molecule has 1 heterocycles. The fraction of sp³-hybridized carbons (Fsp3) is 0.538. The number of piperidine rings is 1. The lowest BCUT2D eigenvalue weighted by molar-refractivity contribution is 0.282. The van der Waals surface area contributed by atoms with Crippen molar-refractivity contribution in [2.24, 2.45) is 5.92 Å². The summed E-state index contributed by atoms with van der Waals surface area (Å²) >= 11 is 0. The van der Waals surface area contributed by atoms with Crippen molar-refractivity contribution in [3.63, 3.8) is 0 Å². The molecule has 0 aliphatic carbocycles. The van der Waals surface area contributed by atoms with E-state index < -0.39 is 10.2 Å². The zero-order chi connectivity index (χ0) is 14.8. The number of methoxy groups -OCH3 is 1. The third-order valence-electron chi connectivity index (χ3n) is 3.40. The second kappa shape index (κ2) is 5.88. The van der Waals surface area contributed by atoms with E-state index in [1.54, 1.807) is 6.07 Å². The van der Waals surface area contributed by atoms with Crippen LogP contribution in [0, 0.1) is 5.92 Å². The SMILES string of the molecule is COc1ccc(O)c(NS(=O)(=O)N2CCCC(C)C2)c1. The highest BCUT2D eigenvalue weighted by Gasteiger charge is 2.27. The minimum Gasteiger partial charge on any atom is -0.506 e. The Morgan fingerprint density at radius 3 is 2.85 bits per heavy atom. The van der Waals surface area contributed by atoms with Gasteiger partial charge in [-0.15, -0.1) is 0 Å². The molecule has 0 bridgehead atoms. The fourth-order valence-corrected chi connectivity index (χ4v) is 3.68. The van der Waals surface area contributed by atoms with Crippen LogP contribution < -0.4 is 9.46 Å². The molecule has 1 unspecified atom stereocenters. The number of rotatable bonds is 4. The van der Waals surface area contributed by atoms with Crippen molar-refractivity contribution in [3.05, 3.63) is 18.2 Å². The molecule has 1 aliphatic heterocycles. The highest BCUT2D eigenvalue weighted by molar-refractivity contribution is 7.90. The monoisotopic (exact) mass is 300 g/mol. The van der Waals surface area contributed by atoms with Gasteiger partial charge in [0.05, 0.1) is 12.8 Å². The Morgan fingerprint density at radius 1 is 1.45 bits per heavy atom. The van der Waals surface area contributed by atoms with Gasteiger partial charge in [0.15, 0.2) is 0 Å². The molecule has 1 fully saturated rings. The molecule has 0 amide bonds. The molecule has 112 valence electrons. The summed E-state index contributed by atoms with van der Waals surface area (Å²) in [5.41, 5.74) is 0.127. The third kappa shape index (κ3) is 3.34. The van der Waals surface area contributed by atoms with E-state index in [4.69, 9.17) is 4.74 Å². The van der Waals surface area contributed by atoms with E-state index >= 15 is 0 Å². The van der Waals surface area contributed by atoms with E-state index in [9.17, 15) is 13.5 Å². The Bertz CT molecular complexity index is 574. The van der Waals surface area contributed by atoms with Crippen LogP contribution in [0.25, 0.3) is 0 Å².